The van der Waals surface area contributed by atoms with Gasteiger partial charge in [-0.15, -0.1) is 0 Å². The molecule has 0 radical (unpaired) electrons. The fourth-order valence-electron chi connectivity index (χ4n) is 3.00. The van der Waals surface area contributed by atoms with E-state index in [1.165, 1.54) is 84.0 Å². The summed E-state index contributed by atoms with van der Waals surface area (Å²) in [5.41, 5.74) is 2.77. The molecule has 0 saturated heterocycles. The Balaban J connectivity index is 3.34. The summed E-state index contributed by atoms with van der Waals surface area (Å²) in [6.45, 7) is 4.30. The fourth-order valence-corrected chi connectivity index (χ4v) is 3.00. The van der Waals surface area contributed by atoms with Crippen molar-refractivity contribution in [2.75, 3.05) is 13.7 Å². The van der Waals surface area contributed by atoms with Crippen LogP contribution in [0.4, 0.5) is 0 Å². The molecule has 0 amide bonds. The van der Waals surface area contributed by atoms with Crippen LogP contribution in [0.5, 0.6) is 0 Å². The Labute approximate surface area is 150 Å². The van der Waals surface area contributed by atoms with E-state index in [1.54, 1.807) is 7.11 Å². The molecule has 1 atom stereocenters. The minimum Gasteiger partial charge on any atom is -0.461 e. The third-order valence-electron chi connectivity index (χ3n) is 4.42. The molecule has 1 N–H and O–H groups in total. The molecule has 0 aliphatic rings. The van der Waals surface area contributed by atoms with Crippen molar-refractivity contribution in [1.82, 2.24) is 5.48 Å². The maximum atomic E-state index is 11.1. The Morgan fingerprint density at radius 2 is 1.29 bits per heavy atom. The number of carbonyl (C=O) groups excluding carboxylic acids is 1. The number of carbonyl (C=O) groups is 1. The van der Waals surface area contributed by atoms with Crippen LogP contribution in [0.1, 0.15) is 104 Å². The molecule has 0 bridgehead atoms. The Morgan fingerprint density at radius 1 is 0.833 bits per heavy atom. The molecular weight excluding hydrogens is 302 g/mol. The van der Waals surface area contributed by atoms with Crippen LogP contribution in [0.3, 0.4) is 0 Å². The lowest BCUT2D eigenvalue weighted by Gasteiger charge is -2.16. The van der Waals surface area contributed by atoms with Gasteiger partial charge in [0, 0.05) is 6.92 Å². The summed E-state index contributed by atoms with van der Waals surface area (Å²) in [4.78, 5) is 15.9. The Kier molecular flexibility index (Phi) is 18.2. The number of hydrogen-bond acceptors (Lipinski definition) is 4. The molecule has 4 nitrogen and oxygen atoms in total. The number of ether oxygens (including phenoxy) is 1. The molecule has 24 heavy (non-hydrogen) atoms. The fraction of sp³-hybridized carbons (Fsp3) is 0.950. The zero-order chi connectivity index (χ0) is 17.9. The summed E-state index contributed by atoms with van der Waals surface area (Å²) >= 11 is 0. The third kappa shape index (κ3) is 17.7. The first kappa shape index (κ1) is 23.4. The van der Waals surface area contributed by atoms with Crippen molar-refractivity contribution in [2.45, 2.75) is 110 Å². The van der Waals surface area contributed by atoms with Gasteiger partial charge in [0.2, 0.25) is 0 Å². The van der Waals surface area contributed by atoms with E-state index in [4.69, 9.17) is 9.57 Å². The summed E-state index contributed by atoms with van der Waals surface area (Å²) in [5, 5.41) is 0. The highest BCUT2D eigenvalue weighted by molar-refractivity contribution is 5.66. The maximum Gasteiger partial charge on any atom is 0.302 e. The number of hydrogen-bond donors (Lipinski definition) is 1. The van der Waals surface area contributed by atoms with E-state index in [0.717, 1.165) is 12.8 Å². The second-order valence-electron chi connectivity index (χ2n) is 6.82. The topological polar surface area (TPSA) is 47.6 Å². The summed E-state index contributed by atoms with van der Waals surface area (Å²) < 4.78 is 5.28. The van der Waals surface area contributed by atoms with Crippen molar-refractivity contribution in [3.63, 3.8) is 0 Å². The molecule has 0 saturated carbocycles. The molecule has 0 aromatic carbocycles. The first-order valence-corrected chi connectivity index (χ1v) is 10.1. The normalized spacial score (nSPS) is 12.3. The van der Waals surface area contributed by atoms with Gasteiger partial charge in [0.15, 0.2) is 0 Å². The predicted molar refractivity (Wildman–Crippen MR) is 101 cm³/mol. The number of rotatable bonds is 18. The van der Waals surface area contributed by atoms with E-state index in [0.29, 0.717) is 6.54 Å². The van der Waals surface area contributed by atoms with E-state index in [9.17, 15) is 4.79 Å². The number of hydroxylamine groups is 1. The summed E-state index contributed by atoms with van der Waals surface area (Å²) in [6.07, 6.45) is 18.4. The summed E-state index contributed by atoms with van der Waals surface area (Å²) in [6, 6.07) is 0. The van der Waals surface area contributed by atoms with Gasteiger partial charge in [-0.3, -0.25) is 4.79 Å². The van der Waals surface area contributed by atoms with E-state index in [1.807, 2.05) is 0 Å². The highest BCUT2D eigenvalue weighted by atomic mass is 16.6. The highest BCUT2D eigenvalue weighted by Crippen LogP contribution is 2.14. The lowest BCUT2D eigenvalue weighted by molar-refractivity contribution is -0.147. The van der Waals surface area contributed by atoms with Crippen LogP contribution >= 0.6 is 0 Å². The quantitative estimate of drug-likeness (QED) is 0.201. The molecule has 144 valence electrons. The molecule has 0 aliphatic carbocycles. The number of unbranched alkanes of at least 4 members (excludes halogenated alkanes) is 12. The first-order chi connectivity index (χ1) is 11.7. The molecule has 0 rings (SSSR count). The minimum atomic E-state index is -0.215. The average molecular weight is 344 g/mol. The maximum absolute atomic E-state index is 11.1. The average Bonchev–Trinajstić information content (AvgIpc) is 2.56. The van der Waals surface area contributed by atoms with Crippen molar-refractivity contribution in [1.29, 1.82) is 0 Å². The predicted octanol–water partition coefficient (Wildman–Crippen LogP) is 5.55. The lowest BCUT2D eigenvalue weighted by atomic mass is 10.0. The molecule has 0 aliphatic heterocycles. The molecule has 0 aromatic heterocycles. The van der Waals surface area contributed by atoms with Crippen molar-refractivity contribution in [3.8, 4) is 0 Å². The van der Waals surface area contributed by atoms with Gasteiger partial charge in [0.25, 0.3) is 0 Å². The van der Waals surface area contributed by atoms with Gasteiger partial charge in [-0.05, 0) is 12.8 Å². The van der Waals surface area contributed by atoms with Crippen LogP contribution in [0, 0.1) is 0 Å². The Morgan fingerprint density at radius 3 is 1.71 bits per heavy atom. The van der Waals surface area contributed by atoms with Gasteiger partial charge in [0.05, 0.1) is 13.7 Å². The summed E-state index contributed by atoms with van der Waals surface area (Å²) in [5.74, 6) is -0.215. The second-order valence-corrected chi connectivity index (χ2v) is 6.82. The lowest BCUT2D eigenvalue weighted by Crippen LogP contribution is -2.29. The van der Waals surface area contributed by atoms with E-state index >= 15 is 0 Å². The standard InChI is InChI=1S/C20H41NO3/c1-4-5-6-7-8-9-10-11-12-13-14-15-16-17-20(18-21-23-3)24-19(2)22/h20-21H,4-18H2,1-3H3/t20-/m0/s1. The van der Waals surface area contributed by atoms with E-state index < -0.39 is 0 Å². The Hall–Kier alpha value is -0.610. The number of nitrogens with one attached hydrogen (secondary N) is 1. The smallest absolute Gasteiger partial charge is 0.302 e. The second kappa shape index (κ2) is 18.7. The van der Waals surface area contributed by atoms with Crippen LogP contribution in [-0.4, -0.2) is 25.7 Å². The van der Waals surface area contributed by atoms with Gasteiger partial charge < -0.3 is 9.57 Å². The SMILES string of the molecule is CCCCCCCCCCCCCCC[C@@H](CNOC)OC(C)=O. The van der Waals surface area contributed by atoms with Crippen molar-refractivity contribution in [2.24, 2.45) is 0 Å². The van der Waals surface area contributed by atoms with E-state index in [-0.39, 0.29) is 12.1 Å². The zero-order valence-electron chi connectivity index (χ0n) is 16.4. The third-order valence-corrected chi connectivity index (χ3v) is 4.42. The van der Waals surface area contributed by atoms with Gasteiger partial charge in [0.1, 0.15) is 6.10 Å². The molecule has 0 aromatic rings. The van der Waals surface area contributed by atoms with Crippen LogP contribution in [0.15, 0.2) is 0 Å². The highest BCUT2D eigenvalue weighted by Gasteiger charge is 2.11. The monoisotopic (exact) mass is 343 g/mol. The minimum absolute atomic E-state index is 0.0739. The van der Waals surface area contributed by atoms with Crippen molar-refractivity contribution in [3.05, 3.63) is 0 Å². The zero-order valence-corrected chi connectivity index (χ0v) is 16.4. The van der Waals surface area contributed by atoms with Gasteiger partial charge in [-0.25, -0.2) is 0 Å². The molecule has 0 fully saturated rings. The molecule has 0 heterocycles. The van der Waals surface area contributed by atoms with Crippen LogP contribution in [0.25, 0.3) is 0 Å². The number of esters is 1. The van der Waals surface area contributed by atoms with Crippen LogP contribution < -0.4 is 5.48 Å². The van der Waals surface area contributed by atoms with Gasteiger partial charge in [-0.1, -0.05) is 84.0 Å². The van der Waals surface area contributed by atoms with Gasteiger partial charge in [-0.2, -0.15) is 5.48 Å². The van der Waals surface area contributed by atoms with Crippen molar-refractivity contribution < 1.29 is 14.4 Å². The molecular formula is C20H41NO3. The largest absolute Gasteiger partial charge is 0.461 e. The molecule has 0 unspecified atom stereocenters. The first-order valence-electron chi connectivity index (χ1n) is 10.1. The van der Waals surface area contributed by atoms with Crippen LogP contribution in [-0.2, 0) is 14.4 Å². The summed E-state index contributed by atoms with van der Waals surface area (Å²) in [7, 11) is 1.58. The van der Waals surface area contributed by atoms with Crippen molar-refractivity contribution >= 4 is 5.97 Å². The Bertz CT molecular complexity index is 272. The molecule has 4 heteroatoms. The molecule has 0 spiro atoms. The van der Waals surface area contributed by atoms with Crippen LogP contribution in [0.2, 0.25) is 0 Å². The van der Waals surface area contributed by atoms with E-state index in [2.05, 4.69) is 12.4 Å². The van der Waals surface area contributed by atoms with Gasteiger partial charge >= 0.3 is 5.97 Å².